The van der Waals surface area contributed by atoms with Gasteiger partial charge in [0.25, 0.3) is 0 Å². The van der Waals surface area contributed by atoms with E-state index >= 15 is 0 Å². The second kappa shape index (κ2) is 8.36. The summed E-state index contributed by atoms with van der Waals surface area (Å²) in [6.07, 6.45) is 0. The molecule has 5 nitrogen and oxygen atoms in total. The Morgan fingerprint density at radius 3 is 2.39 bits per heavy atom. The van der Waals surface area contributed by atoms with E-state index in [1.807, 2.05) is 13.8 Å². The first-order valence-corrected chi connectivity index (χ1v) is 9.11. The standard InChI is InChI=1S/C15H20N2O3S.C2H6/c1-9(10(2)18)17-12-7-5-6-8-13(12)21(20)11(3)14(16-4)15(17)19;1-2/h5-9,11,14,16H,1-4H3;1-2H3. The van der Waals surface area contributed by atoms with Crippen LogP contribution in [-0.2, 0) is 20.4 Å². The molecule has 23 heavy (non-hydrogen) atoms. The van der Waals surface area contributed by atoms with Gasteiger partial charge in [0.15, 0.2) is 5.78 Å². The van der Waals surface area contributed by atoms with Crippen molar-refractivity contribution in [2.75, 3.05) is 11.9 Å². The van der Waals surface area contributed by atoms with Gasteiger partial charge in [-0.2, -0.15) is 0 Å². The van der Waals surface area contributed by atoms with Crippen molar-refractivity contribution in [3.05, 3.63) is 24.3 Å². The Balaban J connectivity index is 0.00000127. The molecule has 4 unspecified atom stereocenters. The number of rotatable bonds is 3. The summed E-state index contributed by atoms with van der Waals surface area (Å²) in [6, 6.07) is 5.91. The van der Waals surface area contributed by atoms with Gasteiger partial charge >= 0.3 is 0 Å². The number of para-hydroxylation sites is 1. The van der Waals surface area contributed by atoms with Crippen molar-refractivity contribution in [2.45, 2.75) is 56.8 Å². The van der Waals surface area contributed by atoms with Crippen LogP contribution in [0, 0.1) is 0 Å². The second-order valence-electron chi connectivity index (χ2n) is 5.23. The third-order valence-electron chi connectivity index (χ3n) is 3.94. The molecule has 0 aliphatic carbocycles. The van der Waals surface area contributed by atoms with Crippen LogP contribution in [0.25, 0.3) is 0 Å². The predicted molar refractivity (Wildman–Crippen MR) is 94.1 cm³/mol. The van der Waals surface area contributed by atoms with E-state index in [1.54, 1.807) is 45.2 Å². The van der Waals surface area contributed by atoms with Gasteiger partial charge in [-0.25, -0.2) is 0 Å². The normalized spacial score (nSPS) is 24.9. The van der Waals surface area contributed by atoms with E-state index in [0.29, 0.717) is 10.6 Å². The molecule has 1 N–H and O–H groups in total. The van der Waals surface area contributed by atoms with Gasteiger partial charge in [0.2, 0.25) is 5.91 Å². The predicted octanol–water partition coefficient (Wildman–Crippen LogP) is 2.12. The maximum atomic E-state index is 12.8. The number of carbonyl (C=O) groups excluding carboxylic acids is 2. The molecule has 0 saturated carbocycles. The van der Waals surface area contributed by atoms with Gasteiger partial charge < -0.3 is 5.32 Å². The zero-order valence-corrected chi connectivity index (χ0v) is 15.4. The van der Waals surface area contributed by atoms with Crippen molar-refractivity contribution in [2.24, 2.45) is 0 Å². The van der Waals surface area contributed by atoms with Gasteiger partial charge in [0, 0.05) is 0 Å². The molecule has 128 valence electrons. The monoisotopic (exact) mass is 338 g/mol. The van der Waals surface area contributed by atoms with Crippen LogP contribution in [0.1, 0.15) is 34.6 Å². The van der Waals surface area contributed by atoms with Crippen molar-refractivity contribution in [1.29, 1.82) is 0 Å². The molecule has 1 aromatic rings. The molecule has 1 aliphatic heterocycles. The highest BCUT2D eigenvalue weighted by Crippen LogP contribution is 2.32. The number of ketones is 1. The van der Waals surface area contributed by atoms with E-state index in [4.69, 9.17) is 0 Å². The lowest BCUT2D eigenvalue weighted by Crippen LogP contribution is -2.54. The Kier molecular flexibility index (Phi) is 7.09. The first kappa shape index (κ1) is 19.5. The average Bonchev–Trinajstić information content (AvgIpc) is 2.63. The van der Waals surface area contributed by atoms with Crippen LogP contribution in [-0.4, -0.2) is 40.3 Å². The highest BCUT2D eigenvalue weighted by molar-refractivity contribution is 7.86. The fraction of sp³-hybridized carbons (Fsp3) is 0.529. The summed E-state index contributed by atoms with van der Waals surface area (Å²) in [7, 11) is 0.355. The largest absolute Gasteiger partial charge is 0.308 e. The number of Topliss-reactive ketones (excluding diaryl/α,β-unsaturated/α-hetero) is 1. The van der Waals surface area contributed by atoms with E-state index in [-0.39, 0.29) is 16.9 Å². The highest BCUT2D eigenvalue weighted by Gasteiger charge is 2.40. The molecule has 2 rings (SSSR count). The zero-order valence-electron chi connectivity index (χ0n) is 14.6. The minimum Gasteiger partial charge on any atom is -0.308 e. The smallest absolute Gasteiger partial charge is 0.246 e. The van der Waals surface area contributed by atoms with Crippen molar-refractivity contribution >= 4 is 28.2 Å². The van der Waals surface area contributed by atoms with Crippen molar-refractivity contribution in [1.82, 2.24) is 5.32 Å². The number of nitrogens with one attached hydrogen (secondary N) is 1. The number of hydrogen-bond donors (Lipinski definition) is 1. The minimum absolute atomic E-state index is 0.103. The Hall–Kier alpha value is -1.53. The third kappa shape index (κ3) is 3.70. The number of hydrogen-bond acceptors (Lipinski definition) is 4. The Labute approximate surface area is 140 Å². The first-order valence-electron chi connectivity index (χ1n) is 7.90. The fourth-order valence-electron chi connectivity index (χ4n) is 2.56. The van der Waals surface area contributed by atoms with Gasteiger partial charge in [-0.1, -0.05) is 26.0 Å². The molecule has 6 heteroatoms. The second-order valence-corrected chi connectivity index (χ2v) is 7.01. The van der Waals surface area contributed by atoms with E-state index in [0.717, 1.165) is 0 Å². The molecular weight excluding hydrogens is 312 g/mol. The van der Waals surface area contributed by atoms with E-state index in [2.05, 4.69) is 5.32 Å². The molecule has 1 heterocycles. The molecule has 0 spiro atoms. The van der Waals surface area contributed by atoms with Gasteiger partial charge in [0.05, 0.1) is 32.7 Å². The number of amides is 1. The maximum Gasteiger partial charge on any atom is 0.246 e. The van der Waals surface area contributed by atoms with Gasteiger partial charge in [0.1, 0.15) is 6.04 Å². The van der Waals surface area contributed by atoms with E-state index in [1.165, 1.54) is 11.8 Å². The molecule has 0 saturated heterocycles. The topological polar surface area (TPSA) is 66.5 Å². The zero-order chi connectivity index (χ0) is 17.7. The summed E-state index contributed by atoms with van der Waals surface area (Å²) < 4.78 is 12.7. The SMILES string of the molecule is CC.CNC1C(=O)N(C(C)C(C)=O)c2ccccc2S(=O)C1C. The lowest BCUT2D eigenvalue weighted by molar-refractivity contribution is -0.124. The molecular formula is C17H26N2O3S. The molecule has 1 aliphatic rings. The van der Waals surface area contributed by atoms with Crippen molar-refractivity contribution < 1.29 is 13.8 Å². The first-order chi connectivity index (χ1) is 10.9. The van der Waals surface area contributed by atoms with Gasteiger partial charge in [-0.3, -0.25) is 18.7 Å². The minimum atomic E-state index is -1.31. The number of fused-ring (bicyclic) bond motifs is 1. The van der Waals surface area contributed by atoms with Gasteiger partial charge in [-0.05, 0) is 40.0 Å². The lowest BCUT2D eigenvalue weighted by Gasteiger charge is -2.30. The summed E-state index contributed by atoms with van der Waals surface area (Å²) in [4.78, 5) is 26.7. The fourth-order valence-corrected chi connectivity index (χ4v) is 4.04. The number of carbonyl (C=O) groups is 2. The van der Waals surface area contributed by atoms with Gasteiger partial charge in [-0.15, -0.1) is 0 Å². The lowest BCUT2D eigenvalue weighted by atomic mass is 10.1. The quantitative estimate of drug-likeness (QED) is 0.917. The van der Waals surface area contributed by atoms with Crippen molar-refractivity contribution in [3.8, 4) is 0 Å². The summed E-state index contributed by atoms with van der Waals surface area (Å²) in [5.74, 6) is -0.320. The maximum absolute atomic E-state index is 12.8. The van der Waals surface area contributed by atoms with Crippen LogP contribution >= 0.6 is 0 Å². The van der Waals surface area contributed by atoms with Crippen LogP contribution in [0.4, 0.5) is 5.69 Å². The third-order valence-corrected chi connectivity index (χ3v) is 5.66. The van der Waals surface area contributed by atoms with Crippen LogP contribution in [0.2, 0.25) is 0 Å². The molecule has 4 atom stereocenters. The summed E-state index contributed by atoms with van der Waals surface area (Å²) in [5.41, 5.74) is 0.563. The number of anilines is 1. The number of likely N-dealkylation sites (N-methyl/N-ethyl adjacent to an activating group) is 1. The summed E-state index contributed by atoms with van der Waals surface area (Å²) in [5, 5.41) is 2.57. The Bertz CT molecular complexity index is 603. The Morgan fingerprint density at radius 2 is 1.87 bits per heavy atom. The Morgan fingerprint density at radius 1 is 1.30 bits per heavy atom. The van der Waals surface area contributed by atoms with Crippen LogP contribution < -0.4 is 10.2 Å². The van der Waals surface area contributed by atoms with Crippen LogP contribution in [0.3, 0.4) is 0 Å². The molecule has 1 amide bonds. The average molecular weight is 338 g/mol. The molecule has 0 radical (unpaired) electrons. The van der Waals surface area contributed by atoms with Crippen LogP contribution in [0.5, 0.6) is 0 Å². The molecule has 0 aromatic heterocycles. The number of benzene rings is 1. The highest BCUT2D eigenvalue weighted by atomic mass is 32.2. The van der Waals surface area contributed by atoms with Crippen molar-refractivity contribution in [3.63, 3.8) is 0 Å². The summed E-state index contributed by atoms with van der Waals surface area (Å²) in [6.45, 7) is 8.94. The molecule has 1 aromatic carbocycles. The molecule has 0 fully saturated rings. The van der Waals surface area contributed by atoms with E-state index < -0.39 is 22.9 Å². The number of nitrogens with zero attached hydrogens (tertiary/aromatic N) is 1. The molecule has 0 bridgehead atoms. The summed E-state index contributed by atoms with van der Waals surface area (Å²) >= 11 is 0. The van der Waals surface area contributed by atoms with Crippen LogP contribution in [0.15, 0.2) is 29.2 Å². The van der Waals surface area contributed by atoms with E-state index in [9.17, 15) is 13.8 Å².